The minimum Gasteiger partial charge on any atom is -0.323 e. The van der Waals surface area contributed by atoms with Gasteiger partial charge in [-0.2, -0.15) is 0 Å². The number of nitrogens with one attached hydrogen (secondary N) is 1. The van der Waals surface area contributed by atoms with Crippen molar-refractivity contribution in [2.75, 3.05) is 14.1 Å². The second kappa shape index (κ2) is 7.25. The van der Waals surface area contributed by atoms with E-state index in [-0.39, 0.29) is 23.7 Å². The highest BCUT2D eigenvalue weighted by Crippen LogP contribution is 2.09. The Morgan fingerprint density at radius 3 is 2.10 bits per heavy atom. The van der Waals surface area contributed by atoms with Crippen LogP contribution in [0.2, 0.25) is 0 Å². The molecule has 2 heterocycles. The lowest BCUT2D eigenvalue weighted by atomic mass is 10.5. The third-order valence-electron chi connectivity index (χ3n) is 2.86. The van der Waals surface area contributed by atoms with Crippen molar-refractivity contribution >= 4 is 23.6 Å². The van der Waals surface area contributed by atoms with Crippen molar-refractivity contribution in [1.82, 2.24) is 24.0 Å². The van der Waals surface area contributed by atoms with E-state index >= 15 is 0 Å². The van der Waals surface area contributed by atoms with Gasteiger partial charge in [-0.3, -0.25) is 13.9 Å². The van der Waals surface area contributed by atoms with Gasteiger partial charge in [-0.1, -0.05) is 0 Å². The maximum atomic E-state index is 12.0. The molecule has 0 saturated carbocycles. The van der Waals surface area contributed by atoms with Crippen LogP contribution in [0.25, 0.3) is 11.2 Å². The third kappa shape index (κ3) is 2.94. The molecule has 0 atom stereocenters. The van der Waals surface area contributed by atoms with Crippen LogP contribution in [0.1, 0.15) is 12.7 Å². The lowest BCUT2D eigenvalue weighted by molar-refractivity contribution is 0.697. The van der Waals surface area contributed by atoms with Crippen molar-refractivity contribution in [2.24, 2.45) is 14.1 Å². The fraction of sp³-hybridized carbons (Fsp3) is 0.583. The van der Waals surface area contributed by atoms with Crippen LogP contribution in [-0.2, 0) is 20.6 Å². The Balaban J connectivity index is 0.000000830. The molecule has 0 aliphatic carbocycles. The van der Waals surface area contributed by atoms with E-state index in [0.29, 0.717) is 17.7 Å². The quantitative estimate of drug-likeness (QED) is 0.806. The molecule has 20 heavy (non-hydrogen) atoms. The number of aromatic nitrogens is 4. The zero-order valence-electron chi connectivity index (χ0n) is 12.7. The fourth-order valence-corrected chi connectivity index (χ4v) is 1.94. The summed E-state index contributed by atoms with van der Waals surface area (Å²) >= 11 is 0. The highest BCUT2D eigenvalue weighted by Gasteiger charge is 2.15. The molecule has 0 amide bonds. The normalized spacial score (nSPS) is 9.90. The number of hydrogen-bond acceptors (Lipinski definition) is 4. The van der Waals surface area contributed by atoms with Crippen LogP contribution in [-0.4, -0.2) is 32.8 Å². The molecular formula is C12H22ClN5O2. The van der Waals surface area contributed by atoms with Crippen molar-refractivity contribution in [3.63, 3.8) is 0 Å². The zero-order valence-corrected chi connectivity index (χ0v) is 13.5. The molecule has 0 spiro atoms. The summed E-state index contributed by atoms with van der Waals surface area (Å²) in [6.45, 7) is 4.43. The second-order valence-corrected chi connectivity index (χ2v) is 4.28. The molecule has 0 aromatic carbocycles. The highest BCUT2D eigenvalue weighted by molar-refractivity contribution is 5.85. The van der Waals surface area contributed by atoms with Gasteiger partial charge < -0.3 is 9.88 Å². The molecule has 2 aromatic rings. The molecule has 0 radical (unpaired) electrons. The van der Waals surface area contributed by atoms with E-state index in [2.05, 4.69) is 10.3 Å². The molecule has 8 heteroatoms. The number of nitrogens with zero attached hydrogens (tertiary/aromatic N) is 4. The first-order valence-electron chi connectivity index (χ1n) is 6.11. The number of rotatable bonds is 1. The Bertz CT molecular complexity index is 698. The van der Waals surface area contributed by atoms with Crippen molar-refractivity contribution in [1.29, 1.82) is 0 Å². The van der Waals surface area contributed by atoms with Gasteiger partial charge in [0.05, 0.1) is 0 Å². The Morgan fingerprint density at radius 1 is 1.15 bits per heavy atom. The Labute approximate surface area is 123 Å². The number of fused-ring (bicyclic) bond motifs is 1. The Kier molecular flexibility index (Phi) is 6.67. The fourth-order valence-electron chi connectivity index (χ4n) is 1.94. The zero-order chi connectivity index (χ0) is 14.7. The SMILES string of the molecule is CCn1c(C)nc2c1c(=O)n(C)c(=O)n2C.CNC.Cl. The highest BCUT2D eigenvalue weighted by atomic mass is 35.5. The van der Waals surface area contributed by atoms with Gasteiger partial charge in [0.15, 0.2) is 11.2 Å². The molecule has 7 nitrogen and oxygen atoms in total. The van der Waals surface area contributed by atoms with E-state index < -0.39 is 0 Å². The Hall–Kier alpha value is -1.60. The number of hydrogen-bond donors (Lipinski definition) is 1. The summed E-state index contributed by atoms with van der Waals surface area (Å²) in [5.41, 5.74) is 0.302. The van der Waals surface area contributed by atoms with Crippen LogP contribution < -0.4 is 16.6 Å². The van der Waals surface area contributed by atoms with Gasteiger partial charge in [-0.25, -0.2) is 9.78 Å². The molecular weight excluding hydrogens is 282 g/mol. The van der Waals surface area contributed by atoms with Crippen molar-refractivity contribution in [3.05, 3.63) is 26.7 Å². The number of imidazole rings is 1. The average molecular weight is 304 g/mol. The second-order valence-electron chi connectivity index (χ2n) is 4.28. The standard InChI is InChI=1S/C10H14N4O2.C2H7N.ClH/c1-5-14-6(2)11-8-7(14)9(15)13(4)10(16)12(8)3;1-3-2;/h5H2,1-4H3;3H,1-2H3;1H. The van der Waals surface area contributed by atoms with E-state index in [9.17, 15) is 9.59 Å². The van der Waals surface area contributed by atoms with Crippen LogP contribution in [0.3, 0.4) is 0 Å². The van der Waals surface area contributed by atoms with Crippen LogP contribution in [0.15, 0.2) is 9.59 Å². The summed E-state index contributed by atoms with van der Waals surface area (Å²) < 4.78 is 4.32. The maximum absolute atomic E-state index is 12.0. The smallest absolute Gasteiger partial charge is 0.323 e. The minimum atomic E-state index is -0.349. The maximum Gasteiger partial charge on any atom is 0.332 e. The molecule has 0 unspecified atom stereocenters. The molecule has 0 saturated heterocycles. The molecule has 2 rings (SSSR count). The van der Waals surface area contributed by atoms with Gasteiger partial charge in [-0.15, -0.1) is 12.4 Å². The summed E-state index contributed by atoms with van der Waals surface area (Å²) in [5, 5.41) is 2.75. The lowest BCUT2D eigenvalue weighted by Gasteiger charge is -2.04. The predicted molar refractivity (Wildman–Crippen MR) is 82.9 cm³/mol. The van der Waals surface area contributed by atoms with Crippen LogP contribution in [0, 0.1) is 6.92 Å². The molecule has 1 N–H and O–H groups in total. The third-order valence-corrected chi connectivity index (χ3v) is 2.86. The molecule has 0 aliphatic heterocycles. The molecule has 114 valence electrons. The topological polar surface area (TPSA) is 73.8 Å². The number of halogens is 1. The van der Waals surface area contributed by atoms with Crippen LogP contribution >= 0.6 is 12.4 Å². The van der Waals surface area contributed by atoms with Crippen molar-refractivity contribution < 1.29 is 0 Å². The van der Waals surface area contributed by atoms with Crippen LogP contribution in [0.5, 0.6) is 0 Å². The molecule has 2 aromatic heterocycles. The van der Waals surface area contributed by atoms with Crippen molar-refractivity contribution in [3.8, 4) is 0 Å². The summed E-state index contributed by atoms with van der Waals surface area (Å²) in [7, 11) is 6.85. The molecule has 0 fully saturated rings. The first kappa shape index (κ1) is 18.4. The van der Waals surface area contributed by atoms with Gasteiger partial charge in [0.2, 0.25) is 0 Å². The van der Waals surface area contributed by atoms with Gasteiger partial charge in [-0.05, 0) is 27.9 Å². The monoisotopic (exact) mass is 303 g/mol. The van der Waals surface area contributed by atoms with Gasteiger partial charge in [0.1, 0.15) is 5.82 Å². The summed E-state index contributed by atoms with van der Waals surface area (Å²) in [5.74, 6) is 0.746. The largest absolute Gasteiger partial charge is 0.332 e. The first-order valence-corrected chi connectivity index (χ1v) is 6.11. The van der Waals surface area contributed by atoms with Crippen LogP contribution in [0.4, 0.5) is 0 Å². The molecule has 0 bridgehead atoms. The van der Waals surface area contributed by atoms with E-state index in [1.807, 2.05) is 32.5 Å². The van der Waals surface area contributed by atoms with Gasteiger partial charge in [0.25, 0.3) is 5.56 Å². The lowest BCUT2D eigenvalue weighted by Crippen LogP contribution is -2.37. The molecule has 0 aliphatic rings. The summed E-state index contributed by atoms with van der Waals surface area (Å²) in [4.78, 5) is 27.9. The average Bonchev–Trinajstić information content (AvgIpc) is 2.71. The predicted octanol–water partition coefficient (Wildman–Crippen LogP) is 0.0194. The van der Waals surface area contributed by atoms with Gasteiger partial charge in [0, 0.05) is 20.6 Å². The van der Waals surface area contributed by atoms with E-state index in [4.69, 9.17) is 0 Å². The van der Waals surface area contributed by atoms with E-state index in [1.54, 1.807) is 7.05 Å². The van der Waals surface area contributed by atoms with Crippen molar-refractivity contribution in [2.45, 2.75) is 20.4 Å². The minimum absolute atomic E-state index is 0. The number of aryl methyl sites for hydroxylation is 3. The summed E-state index contributed by atoms with van der Waals surface area (Å²) in [6.07, 6.45) is 0. The first-order chi connectivity index (χ1) is 8.90. The summed E-state index contributed by atoms with van der Waals surface area (Å²) in [6, 6.07) is 0. The van der Waals surface area contributed by atoms with E-state index in [0.717, 1.165) is 10.4 Å². The van der Waals surface area contributed by atoms with Gasteiger partial charge >= 0.3 is 5.69 Å². The van der Waals surface area contributed by atoms with E-state index in [1.165, 1.54) is 11.6 Å². The Morgan fingerprint density at radius 2 is 1.65 bits per heavy atom.